The Morgan fingerprint density at radius 1 is 1.03 bits per heavy atom. The third-order valence-corrected chi connectivity index (χ3v) is 6.75. The predicted molar refractivity (Wildman–Crippen MR) is 148 cm³/mol. The van der Waals surface area contributed by atoms with E-state index in [1.165, 1.54) is 12.1 Å². The SMILES string of the molecule is COCCCOc1ccc(C[C@H](NC(=O)C2CCCCN2Cc2cccc(F)c2)C(=O)N[C@@H](C)COC)cc1. The first kappa shape index (κ1) is 30.5. The van der Waals surface area contributed by atoms with Crippen LogP contribution in [0.15, 0.2) is 48.5 Å². The molecule has 1 unspecified atom stereocenters. The summed E-state index contributed by atoms with van der Waals surface area (Å²) in [5.41, 5.74) is 1.72. The topological polar surface area (TPSA) is 89.1 Å². The van der Waals surface area contributed by atoms with Gasteiger partial charge in [0.05, 0.1) is 19.3 Å². The molecule has 0 spiro atoms. The number of hydrogen-bond donors (Lipinski definition) is 2. The van der Waals surface area contributed by atoms with Gasteiger partial charge >= 0.3 is 0 Å². The summed E-state index contributed by atoms with van der Waals surface area (Å²) in [5.74, 6) is -0.00773. The highest BCUT2D eigenvalue weighted by molar-refractivity contribution is 5.90. The summed E-state index contributed by atoms with van der Waals surface area (Å²) in [6.45, 7) is 4.63. The van der Waals surface area contributed by atoms with Crippen LogP contribution in [0.25, 0.3) is 0 Å². The Morgan fingerprint density at radius 3 is 2.54 bits per heavy atom. The molecule has 3 atom stereocenters. The summed E-state index contributed by atoms with van der Waals surface area (Å²) < 4.78 is 29.7. The lowest BCUT2D eigenvalue weighted by Gasteiger charge is -2.35. The molecule has 0 saturated carbocycles. The molecule has 0 radical (unpaired) electrons. The minimum Gasteiger partial charge on any atom is -0.494 e. The van der Waals surface area contributed by atoms with E-state index in [0.717, 1.165) is 42.7 Å². The Balaban J connectivity index is 1.69. The van der Waals surface area contributed by atoms with Crippen LogP contribution in [0.2, 0.25) is 0 Å². The van der Waals surface area contributed by atoms with E-state index in [4.69, 9.17) is 14.2 Å². The van der Waals surface area contributed by atoms with E-state index >= 15 is 0 Å². The van der Waals surface area contributed by atoms with Crippen LogP contribution in [-0.2, 0) is 32.0 Å². The Labute approximate surface area is 231 Å². The normalized spacial score (nSPS) is 17.3. The first-order valence-electron chi connectivity index (χ1n) is 13.7. The number of benzene rings is 2. The lowest BCUT2D eigenvalue weighted by atomic mass is 9.99. The van der Waals surface area contributed by atoms with Crippen LogP contribution < -0.4 is 15.4 Å². The number of carbonyl (C=O) groups is 2. The average molecular weight is 544 g/mol. The third-order valence-electron chi connectivity index (χ3n) is 6.75. The number of rotatable bonds is 15. The van der Waals surface area contributed by atoms with Gasteiger partial charge in [-0.3, -0.25) is 14.5 Å². The molecule has 214 valence electrons. The molecular formula is C30H42FN3O5. The minimum atomic E-state index is -0.761. The van der Waals surface area contributed by atoms with Gasteiger partial charge in [0.25, 0.3) is 0 Å². The van der Waals surface area contributed by atoms with Crippen molar-refractivity contribution in [2.75, 3.05) is 40.6 Å². The zero-order valence-electron chi connectivity index (χ0n) is 23.3. The van der Waals surface area contributed by atoms with Crippen molar-refractivity contribution in [2.24, 2.45) is 0 Å². The second-order valence-corrected chi connectivity index (χ2v) is 10.1. The quantitative estimate of drug-likeness (QED) is 0.335. The number of piperidine rings is 1. The van der Waals surface area contributed by atoms with Gasteiger partial charge in [-0.05, 0) is 61.7 Å². The molecule has 2 aromatic rings. The Kier molecular flexibility index (Phi) is 12.7. The van der Waals surface area contributed by atoms with Crippen LogP contribution in [0.1, 0.15) is 43.7 Å². The molecule has 1 aliphatic heterocycles. The van der Waals surface area contributed by atoms with Crippen molar-refractivity contribution in [2.45, 2.75) is 63.7 Å². The van der Waals surface area contributed by atoms with E-state index in [2.05, 4.69) is 15.5 Å². The second-order valence-electron chi connectivity index (χ2n) is 10.1. The molecule has 2 N–H and O–H groups in total. The van der Waals surface area contributed by atoms with Gasteiger partial charge in [-0.1, -0.05) is 30.7 Å². The van der Waals surface area contributed by atoms with Crippen LogP contribution in [0.4, 0.5) is 4.39 Å². The molecule has 2 amide bonds. The van der Waals surface area contributed by atoms with Crippen molar-refractivity contribution in [3.8, 4) is 5.75 Å². The summed E-state index contributed by atoms with van der Waals surface area (Å²) in [6.07, 6.45) is 3.70. The van der Waals surface area contributed by atoms with Gasteiger partial charge < -0.3 is 24.8 Å². The number of likely N-dealkylation sites (tertiary alicyclic amines) is 1. The molecule has 1 saturated heterocycles. The van der Waals surface area contributed by atoms with Crippen molar-refractivity contribution < 1.29 is 28.2 Å². The van der Waals surface area contributed by atoms with Gasteiger partial charge in [-0.15, -0.1) is 0 Å². The molecular weight excluding hydrogens is 501 g/mol. The molecule has 8 nitrogen and oxygen atoms in total. The molecule has 3 rings (SSSR count). The van der Waals surface area contributed by atoms with Crippen LogP contribution in [-0.4, -0.2) is 75.4 Å². The summed E-state index contributed by atoms with van der Waals surface area (Å²) in [7, 11) is 3.24. The maximum Gasteiger partial charge on any atom is 0.243 e. The summed E-state index contributed by atoms with van der Waals surface area (Å²) in [6, 6.07) is 12.7. The van der Waals surface area contributed by atoms with Crippen LogP contribution in [0, 0.1) is 5.82 Å². The fourth-order valence-corrected chi connectivity index (χ4v) is 4.81. The highest BCUT2D eigenvalue weighted by Crippen LogP contribution is 2.21. The van der Waals surface area contributed by atoms with E-state index < -0.39 is 12.1 Å². The number of hydrogen-bond acceptors (Lipinski definition) is 6. The standard InChI is InChI=1S/C30H42FN3O5/c1-22(21-38-3)32-29(35)27(19-23-11-13-26(14-12-23)39-17-7-16-37-2)33-30(36)28-10-4-5-15-34(28)20-24-8-6-9-25(31)18-24/h6,8-9,11-14,18,22,27-28H,4-5,7,10,15-17,19-21H2,1-3H3,(H,32,35)(H,33,36)/t22-,27-,28?/m0/s1. The van der Waals surface area contributed by atoms with Crippen molar-refractivity contribution in [3.05, 3.63) is 65.5 Å². The minimum absolute atomic E-state index is 0.191. The molecule has 39 heavy (non-hydrogen) atoms. The van der Waals surface area contributed by atoms with Crippen LogP contribution in [0.3, 0.4) is 0 Å². The summed E-state index contributed by atoms with van der Waals surface area (Å²) in [4.78, 5) is 28.9. The van der Waals surface area contributed by atoms with E-state index in [1.54, 1.807) is 20.3 Å². The number of halogens is 1. The summed E-state index contributed by atoms with van der Waals surface area (Å²) >= 11 is 0. The smallest absolute Gasteiger partial charge is 0.243 e. The number of amides is 2. The maximum atomic E-state index is 13.8. The highest BCUT2D eigenvalue weighted by Gasteiger charge is 2.32. The Hall–Kier alpha value is -3.01. The second kappa shape index (κ2) is 16.2. The van der Waals surface area contributed by atoms with Crippen LogP contribution >= 0.6 is 0 Å². The molecule has 0 aliphatic carbocycles. The number of ether oxygens (including phenoxy) is 3. The van der Waals surface area contributed by atoms with Gasteiger partial charge in [0.1, 0.15) is 17.6 Å². The molecule has 0 aromatic heterocycles. The molecule has 1 heterocycles. The zero-order valence-corrected chi connectivity index (χ0v) is 23.3. The fraction of sp³-hybridized carbons (Fsp3) is 0.533. The lowest BCUT2D eigenvalue weighted by Crippen LogP contribution is -2.56. The van der Waals surface area contributed by atoms with Crippen LogP contribution in [0.5, 0.6) is 5.75 Å². The van der Waals surface area contributed by atoms with Gasteiger partial charge in [-0.25, -0.2) is 4.39 Å². The largest absolute Gasteiger partial charge is 0.494 e. The highest BCUT2D eigenvalue weighted by atomic mass is 19.1. The Bertz CT molecular complexity index is 1040. The molecule has 0 bridgehead atoms. The lowest BCUT2D eigenvalue weighted by molar-refractivity contribution is -0.133. The number of nitrogens with zero attached hydrogens (tertiary/aromatic N) is 1. The van der Waals surface area contributed by atoms with Crippen molar-refractivity contribution in [1.29, 1.82) is 0 Å². The van der Waals surface area contributed by atoms with Crippen molar-refractivity contribution in [3.63, 3.8) is 0 Å². The summed E-state index contributed by atoms with van der Waals surface area (Å²) in [5, 5.41) is 5.97. The van der Waals surface area contributed by atoms with E-state index in [0.29, 0.717) is 39.2 Å². The van der Waals surface area contributed by atoms with E-state index in [9.17, 15) is 14.0 Å². The van der Waals surface area contributed by atoms with Gasteiger partial charge in [0.15, 0.2) is 0 Å². The number of carbonyl (C=O) groups excluding carboxylic acids is 2. The Morgan fingerprint density at radius 2 is 1.82 bits per heavy atom. The van der Waals surface area contributed by atoms with Gasteiger partial charge in [0.2, 0.25) is 11.8 Å². The monoisotopic (exact) mass is 543 g/mol. The van der Waals surface area contributed by atoms with E-state index in [1.807, 2.05) is 37.3 Å². The van der Waals surface area contributed by atoms with Crippen molar-refractivity contribution in [1.82, 2.24) is 15.5 Å². The molecule has 1 fully saturated rings. The predicted octanol–water partition coefficient (Wildman–Crippen LogP) is 3.47. The van der Waals surface area contributed by atoms with Crippen molar-refractivity contribution >= 4 is 11.8 Å². The van der Waals surface area contributed by atoms with Gasteiger partial charge in [-0.2, -0.15) is 0 Å². The fourth-order valence-electron chi connectivity index (χ4n) is 4.81. The molecule has 2 aromatic carbocycles. The molecule has 1 aliphatic rings. The maximum absolute atomic E-state index is 13.8. The van der Waals surface area contributed by atoms with E-state index in [-0.39, 0.29) is 23.7 Å². The zero-order chi connectivity index (χ0) is 28.0. The number of methoxy groups -OCH3 is 2. The average Bonchev–Trinajstić information content (AvgIpc) is 2.92. The first-order valence-corrected chi connectivity index (χ1v) is 13.7. The third kappa shape index (κ3) is 10.2. The first-order chi connectivity index (χ1) is 18.9. The van der Waals surface area contributed by atoms with Gasteiger partial charge in [0, 0.05) is 46.3 Å². The number of nitrogens with one attached hydrogen (secondary N) is 2. The molecule has 9 heteroatoms.